The minimum Gasteiger partial charge on any atom is -0.454 e. The van der Waals surface area contributed by atoms with Gasteiger partial charge in [-0.25, -0.2) is 0 Å². The van der Waals surface area contributed by atoms with Gasteiger partial charge in [-0.05, 0) is 48.2 Å². The predicted octanol–water partition coefficient (Wildman–Crippen LogP) is 3.91. The molecule has 0 atom stereocenters. The fraction of sp³-hybridized carbons (Fsp3) is 0.263. The van der Waals surface area contributed by atoms with Crippen LogP contribution >= 0.6 is 15.9 Å². The van der Waals surface area contributed by atoms with E-state index < -0.39 is 5.41 Å². The third kappa shape index (κ3) is 2.85. The van der Waals surface area contributed by atoms with Crippen molar-refractivity contribution in [2.75, 3.05) is 12.1 Å². The van der Waals surface area contributed by atoms with Crippen molar-refractivity contribution < 1.29 is 14.3 Å². The Balaban J connectivity index is 1.55. The first kappa shape index (κ1) is 16.0. The number of ether oxygens (including phenoxy) is 2. The van der Waals surface area contributed by atoms with Crippen molar-refractivity contribution in [3.8, 4) is 17.6 Å². The van der Waals surface area contributed by atoms with E-state index in [0.29, 0.717) is 17.9 Å². The van der Waals surface area contributed by atoms with Gasteiger partial charge in [0.15, 0.2) is 11.5 Å². The molecule has 2 aromatic rings. The van der Waals surface area contributed by atoms with Crippen molar-refractivity contribution in [2.24, 2.45) is 0 Å². The first-order chi connectivity index (χ1) is 12.1. The Morgan fingerprint density at radius 3 is 2.72 bits per heavy atom. The van der Waals surface area contributed by atoms with Crippen LogP contribution in [0.4, 0.5) is 5.69 Å². The number of amides is 1. The van der Waals surface area contributed by atoms with Gasteiger partial charge in [0.05, 0.1) is 17.9 Å². The van der Waals surface area contributed by atoms with Crippen molar-refractivity contribution in [1.82, 2.24) is 0 Å². The van der Waals surface area contributed by atoms with Crippen LogP contribution in [-0.2, 0) is 16.6 Å². The molecule has 2 aromatic carbocycles. The monoisotopic (exact) mass is 398 g/mol. The molecule has 0 saturated heterocycles. The SMILES string of the molecule is N#CCc1ccc(NC(=O)C2(c3ccc4c(c3)OCO4)CC2)cc1Br. The van der Waals surface area contributed by atoms with Gasteiger partial charge in [-0.3, -0.25) is 4.79 Å². The number of nitrogens with zero attached hydrogens (tertiary/aromatic N) is 1. The van der Waals surface area contributed by atoms with E-state index in [9.17, 15) is 4.79 Å². The van der Waals surface area contributed by atoms with Crippen molar-refractivity contribution in [2.45, 2.75) is 24.7 Å². The summed E-state index contributed by atoms with van der Waals surface area (Å²) in [5.41, 5.74) is 2.07. The maximum atomic E-state index is 12.9. The van der Waals surface area contributed by atoms with E-state index in [4.69, 9.17) is 14.7 Å². The molecular formula is C19H15BrN2O3. The van der Waals surface area contributed by atoms with Crippen molar-refractivity contribution in [3.63, 3.8) is 0 Å². The van der Waals surface area contributed by atoms with E-state index >= 15 is 0 Å². The summed E-state index contributed by atoms with van der Waals surface area (Å²) in [5, 5.41) is 11.8. The summed E-state index contributed by atoms with van der Waals surface area (Å²) < 4.78 is 11.6. The van der Waals surface area contributed by atoms with Gasteiger partial charge in [0.1, 0.15) is 0 Å². The molecule has 126 valence electrons. The van der Waals surface area contributed by atoms with Gasteiger partial charge in [-0.15, -0.1) is 0 Å². The Hall–Kier alpha value is -2.52. The molecule has 0 aromatic heterocycles. The molecule has 0 radical (unpaired) electrons. The molecule has 0 bridgehead atoms. The van der Waals surface area contributed by atoms with Crippen LogP contribution in [0.1, 0.15) is 24.0 Å². The van der Waals surface area contributed by atoms with E-state index in [1.54, 1.807) is 0 Å². The first-order valence-corrected chi connectivity index (χ1v) is 8.79. The van der Waals surface area contributed by atoms with E-state index in [1.807, 2.05) is 36.4 Å². The summed E-state index contributed by atoms with van der Waals surface area (Å²) in [4.78, 5) is 12.9. The van der Waals surface area contributed by atoms with Crippen LogP contribution in [-0.4, -0.2) is 12.7 Å². The minimum atomic E-state index is -0.501. The number of anilines is 1. The van der Waals surface area contributed by atoms with Crippen LogP contribution in [0, 0.1) is 11.3 Å². The highest BCUT2D eigenvalue weighted by atomic mass is 79.9. The van der Waals surface area contributed by atoms with Crippen LogP contribution in [0.15, 0.2) is 40.9 Å². The Morgan fingerprint density at radius 1 is 1.20 bits per heavy atom. The molecule has 1 heterocycles. The highest BCUT2D eigenvalue weighted by Crippen LogP contribution is 2.51. The molecule has 1 N–H and O–H groups in total. The molecule has 2 aliphatic rings. The molecule has 25 heavy (non-hydrogen) atoms. The van der Waals surface area contributed by atoms with Crippen molar-refractivity contribution in [1.29, 1.82) is 5.26 Å². The number of benzene rings is 2. The largest absolute Gasteiger partial charge is 0.454 e. The Morgan fingerprint density at radius 2 is 2.00 bits per heavy atom. The third-order valence-electron chi connectivity index (χ3n) is 4.69. The lowest BCUT2D eigenvalue weighted by Gasteiger charge is -2.17. The third-order valence-corrected chi connectivity index (χ3v) is 5.43. The molecule has 1 aliphatic carbocycles. The number of fused-ring (bicyclic) bond motifs is 1. The molecule has 1 saturated carbocycles. The zero-order valence-corrected chi connectivity index (χ0v) is 14.9. The normalized spacial score (nSPS) is 16.2. The summed E-state index contributed by atoms with van der Waals surface area (Å²) in [7, 11) is 0. The van der Waals surface area contributed by atoms with Gasteiger partial charge in [-0.2, -0.15) is 5.26 Å². The number of hydrogen-bond donors (Lipinski definition) is 1. The highest BCUT2D eigenvalue weighted by molar-refractivity contribution is 9.10. The number of carbonyl (C=O) groups excluding carboxylic acids is 1. The number of rotatable bonds is 4. The number of hydrogen-bond acceptors (Lipinski definition) is 4. The average molecular weight is 399 g/mol. The van der Waals surface area contributed by atoms with Crippen LogP contribution in [0.5, 0.6) is 11.5 Å². The fourth-order valence-corrected chi connectivity index (χ4v) is 3.59. The van der Waals surface area contributed by atoms with Gasteiger partial charge in [-0.1, -0.05) is 28.1 Å². The number of nitriles is 1. The standard InChI is InChI=1S/C19H15BrN2O3/c20-15-10-14(3-1-12(15)5-8-21)22-18(23)19(6-7-19)13-2-4-16-17(9-13)25-11-24-16/h1-4,9-10H,5-7,11H2,(H,22,23). The average Bonchev–Trinajstić information content (AvgIpc) is 3.29. The second-order valence-corrected chi connectivity index (χ2v) is 7.10. The fourth-order valence-electron chi connectivity index (χ4n) is 3.07. The summed E-state index contributed by atoms with van der Waals surface area (Å²) in [6, 6.07) is 13.3. The predicted molar refractivity (Wildman–Crippen MR) is 95.6 cm³/mol. The lowest BCUT2D eigenvalue weighted by Crippen LogP contribution is -2.27. The van der Waals surface area contributed by atoms with E-state index in [1.165, 1.54) is 0 Å². The maximum Gasteiger partial charge on any atom is 0.235 e. The van der Waals surface area contributed by atoms with Crippen LogP contribution in [0.2, 0.25) is 0 Å². The van der Waals surface area contributed by atoms with Gasteiger partial charge in [0.2, 0.25) is 12.7 Å². The molecule has 1 aliphatic heterocycles. The Kier molecular flexibility index (Phi) is 3.89. The summed E-state index contributed by atoms with van der Waals surface area (Å²) in [6.07, 6.45) is 1.95. The first-order valence-electron chi connectivity index (χ1n) is 7.99. The van der Waals surface area contributed by atoms with E-state index in [2.05, 4.69) is 27.3 Å². The van der Waals surface area contributed by atoms with Gasteiger partial charge in [0.25, 0.3) is 0 Å². The van der Waals surface area contributed by atoms with Crippen LogP contribution < -0.4 is 14.8 Å². The van der Waals surface area contributed by atoms with Crippen LogP contribution in [0.25, 0.3) is 0 Å². The lowest BCUT2D eigenvalue weighted by atomic mass is 9.94. The van der Waals surface area contributed by atoms with E-state index in [-0.39, 0.29) is 12.7 Å². The van der Waals surface area contributed by atoms with Crippen LogP contribution in [0.3, 0.4) is 0 Å². The summed E-state index contributed by atoms with van der Waals surface area (Å²) >= 11 is 3.45. The maximum absolute atomic E-state index is 12.9. The Bertz CT molecular complexity index is 900. The molecule has 0 spiro atoms. The topological polar surface area (TPSA) is 71.4 Å². The number of halogens is 1. The zero-order chi connectivity index (χ0) is 17.4. The molecule has 4 rings (SSSR count). The van der Waals surface area contributed by atoms with E-state index in [0.717, 1.165) is 34.2 Å². The molecule has 1 amide bonds. The summed E-state index contributed by atoms with van der Waals surface area (Å²) in [5.74, 6) is 1.39. The Labute approximate surface area is 153 Å². The lowest BCUT2D eigenvalue weighted by molar-refractivity contribution is -0.118. The smallest absolute Gasteiger partial charge is 0.235 e. The second-order valence-electron chi connectivity index (χ2n) is 6.25. The number of carbonyl (C=O) groups is 1. The van der Waals surface area contributed by atoms with Gasteiger partial charge < -0.3 is 14.8 Å². The summed E-state index contributed by atoms with van der Waals surface area (Å²) in [6.45, 7) is 0.223. The molecular weight excluding hydrogens is 384 g/mol. The van der Waals surface area contributed by atoms with Gasteiger partial charge in [0, 0.05) is 10.2 Å². The second kappa shape index (κ2) is 6.08. The quantitative estimate of drug-likeness (QED) is 0.846. The zero-order valence-electron chi connectivity index (χ0n) is 13.3. The minimum absolute atomic E-state index is 0.0219. The van der Waals surface area contributed by atoms with Crippen molar-refractivity contribution in [3.05, 3.63) is 52.0 Å². The molecule has 0 unspecified atom stereocenters. The van der Waals surface area contributed by atoms with Gasteiger partial charge >= 0.3 is 0 Å². The molecule has 6 heteroatoms. The van der Waals surface area contributed by atoms with Crippen molar-refractivity contribution >= 4 is 27.5 Å². The molecule has 5 nitrogen and oxygen atoms in total. The number of nitrogens with one attached hydrogen (secondary N) is 1. The highest BCUT2D eigenvalue weighted by Gasteiger charge is 2.51. The molecule has 1 fully saturated rings.